The number of anilines is 2. The third kappa shape index (κ3) is 4.55. The number of hydrogen-bond acceptors (Lipinski definition) is 3. The highest BCUT2D eigenvalue weighted by molar-refractivity contribution is 7.92. The lowest BCUT2D eigenvalue weighted by Crippen LogP contribution is -2.33. The lowest BCUT2D eigenvalue weighted by atomic mass is 10.2. The first-order valence-corrected chi connectivity index (χ1v) is 9.21. The summed E-state index contributed by atoms with van der Waals surface area (Å²) in [4.78, 5) is 12.1. The standard InChI is InChI=1S/C17H19FN2O3S/c1-13-7-3-5-9-15(13)19-17(21)11-12-20(24(2,22)23)16-10-6-4-8-14(16)18/h3-10H,11-12H2,1-2H3,(H,19,21). The van der Waals surface area contributed by atoms with Gasteiger partial charge >= 0.3 is 0 Å². The minimum atomic E-state index is -3.70. The zero-order valence-corrected chi connectivity index (χ0v) is 14.3. The van der Waals surface area contributed by atoms with Gasteiger partial charge in [0.2, 0.25) is 15.9 Å². The SMILES string of the molecule is Cc1ccccc1NC(=O)CCN(c1ccccc1F)S(C)(=O)=O. The highest BCUT2D eigenvalue weighted by Gasteiger charge is 2.21. The molecule has 1 amide bonds. The summed E-state index contributed by atoms with van der Waals surface area (Å²) in [6, 6.07) is 12.8. The van der Waals surface area contributed by atoms with Gasteiger partial charge < -0.3 is 5.32 Å². The van der Waals surface area contributed by atoms with Gasteiger partial charge in [-0.3, -0.25) is 9.10 Å². The van der Waals surface area contributed by atoms with Gasteiger partial charge in [-0.1, -0.05) is 30.3 Å². The molecule has 24 heavy (non-hydrogen) atoms. The average Bonchev–Trinajstić information content (AvgIpc) is 2.50. The maximum atomic E-state index is 13.9. The Morgan fingerprint density at radius 2 is 1.75 bits per heavy atom. The first-order chi connectivity index (χ1) is 11.3. The molecule has 0 atom stereocenters. The highest BCUT2D eigenvalue weighted by atomic mass is 32.2. The molecule has 7 heteroatoms. The van der Waals surface area contributed by atoms with Gasteiger partial charge in [-0.05, 0) is 30.7 Å². The quantitative estimate of drug-likeness (QED) is 0.871. The Bertz CT molecular complexity index is 837. The second-order valence-corrected chi connectivity index (χ2v) is 7.31. The molecule has 5 nitrogen and oxygen atoms in total. The lowest BCUT2D eigenvalue weighted by Gasteiger charge is -2.22. The van der Waals surface area contributed by atoms with Crippen LogP contribution in [0.5, 0.6) is 0 Å². The summed E-state index contributed by atoms with van der Waals surface area (Å²) in [5.74, 6) is -0.989. The Morgan fingerprint density at radius 1 is 1.12 bits per heavy atom. The van der Waals surface area contributed by atoms with Crippen LogP contribution in [-0.4, -0.2) is 27.1 Å². The maximum Gasteiger partial charge on any atom is 0.232 e. The summed E-state index contributed by atoms with van der Waals surface area (Å²) < 4.78 is 38.7. The van der Waals surface area contributed by atoms with E-state index in [4.69, 9.17) is 0 Å². The second kappa shape index (κ2) is 7.44. The van der Waals surface area contributed by atoms with Crippen molar-refractivity contribution >= 4 is 27.3 Å². The van der Waals surface area contributed by atoms with Gasteiger partial charge in [-0.2, -0.15) is 0 Å². The van der Waals surface area contributed by atoms with Crippen molar-refractivity contribution in [3.8, 4) is 0 Å². The molecule has 0 aromatic heterocycles. The topological polar surface area (TPSA) is 66.5 Å². The number of sulfonamides is 1. The lowest BCUT2D eigenvalue weighted by molar-refractivity contribution is -0.116. The molecule has 0 spiro atoms. The minimum Gasteiger partial charge on any atom is -0.326 e. The van der Waals surface area contributed by atoms with Gasteiger partial charge in [0.15, 0.2) is 0 Å². The predicted molar refractivity (Wildman–Crippen MR) is 93.0 cm³/mol. The van der Waals surface area contributed by atoms with E-state index < -0.39 is 15.8 Å². The van der Waals surface area contributed by atoms with Gasteiger partial charge in [0.05, 0.1) is 11.9 Å². The number of halogens is 1. The summed E-state index contributed by atoms with van der Waals surface area (Å²) in [7, 11) is -3.70. The number of nitrogens with one attached hydrogen (secondary N) is 1. The van der Waals surface area contributed by atoms with E-state index in [9.17, 15) is 17.6 Å². The molecular weight excluding hydrogens is 331 g/mol. The van der Waals surface area contributed by atoms with Crippen LogP contribution in [0, 0.1) is 12.7 Å². The van der Waals surface area contributed by atoms with Crippen molar-refractivity contribution in [3.05, 3.63) is 59.9 Å². The fourth-order valence-corrected chi connectivity index (χ4v) is 3.18. The first kappa shape index (κ1) is 17.9. The zero-order valence-electron chi connectivity index (χ0n) is 13.5. The van der Waals surface area contributed by atoms with Crippen LogP contribution in [0.3, 0.4) is 0 Å². The number of nitrogens with zero attached hydrogens (tertiary/aromatic N) is 1. The average molecular weight is 350 g/mol. The van der Waals surface area contributed by atoms with Crippen LogP contribution in [0.2, 0.25) is 0 Å². The van der Waals surface area contributed by atoms with Gasteiger partial charge in [-0.15, -0.1) is 0 Å². The molecule has 0 unspecified atom stereocenters. The van der Waals surface area contributed by atoms with Gasteiger partial charge in [0.25, 0.3) is 0 Å². The Hall–Kier alpha value is -2.41. The molecule has 0 heterocycles. The second-order valence-electron chi connectivity index (χ2n) is 5.40. The number of amides is 1. The number of para-hydroxylation sites is 2. The number of carbonyl (C=O) groups is 1. The zero-order chi connectivity index (χ0) is 17.7. The monoisotopic (exact) mass is 350 g/mol. The number of hydrogen-bond donors (Lipinski definition) is 1. The van der Waals surface area contributed by atoms with Crippen LogP contribution < -0.4 is 9.62 Å². The smallest absolute Gasteiger partial charge is 0.232 e. The van der Waals surface area contributed by atoms with Crippen molar-refractivity contribution in [3.63, 3.8) is 0 Å². The fourth-order valence-electron chi connectivity index (χ4n) is 2.25. The van der Waals surface area contributed by atoms with Crippen molar-refractivity contribution in [2.75, 3.05) is 22.4 Å². The Morgan fingerprint density at radius 3 is 2.38 bits per heavy atom. The normalized spacial score (nSPS) is 11.1. The molecule has 0 aliphatic heterocycles. The van der Waals surface area contributed by atoms with E-state index in [1.165, 1.54) is 18.2 Å². The van der Waals surface area contributed by atoms with E-state index in [0.29, 0.717) is 5.69 Å². The Kier molecular flexibility index (Phi) is 5.56. The third-order valence-corrected chi connectivity index (χ3v) is 4.66. The van der Waals surface area contributed by atoms with Crippen molar-refractivity contribution in [1.29, 1.82) is 0 Å². The summed E-state index contributed by atoms with van der Waals surface area (Å²) in [5, 5.41) is 2.73. The number of rotatable bonds is 6. The van der Waals surface area contributed by atoms with E-state index in [1.54, 1.807) is 18.2 Å². The van der Waals surface area contributed by atoms with Crippen molar-refractivity contribution in [2.45, 2.75) is 13.3 Å². The number of benzene rings is 2. The molecule has 2 aromatic carbocycles. The van der Waals surface area contributed by atoms with Crippen LogP contribution in [0.1, 0.15) is 12.0 Å². The number of carbonyl (C=O) groups excluding carboxylic acids is 1. The molecule has 0 bridgehead atoms. The van der Waals surface area contributed by atoms with Gasteiger partial charge in [0.1, 0.15) is 5.82 Å². The van der Waals surface area contributed by atoms with E-state index in [1.807, 2.05) is 19.1 Å². The molecule has 0 aliphatic carbocycles. The third-order valence-electron chi connectivity index (χ3n) is 3.48. The van der Waals surface area contributed by atoms with E-state index >= 15 is 0 Å². The van der Waals surface area contributed by atoms with E-state index in [-0.39, 0.29) is 24.6 Å². The van der Waals surface area contributed by atoms with Crippen molar-refractivity contribution < 1.29 is 17.6 Å². The molecule has 1 N–H and O–H groups in total. The molecule has 2 aromatic rings. The molecule has 0 radical (unpaired) electrons. The molecule has 0 saturated carbocycles. The van der Waals surface area contributed by atoms with Crippen LogP contribution in [0.15, 0.2) is 48.5 Å². The van der Waals surface area contributed by atoms with Gasteiger partial charge in [-0.25, -0.2) is 12.8 Å². The fraction of sp³-hybridized carbons (Fsp3) is 0.235. The molecule has 0 fully saturated rings. The maximum absolute atomic E-state index is 13.9. The molecular formula is C17H19FN2O3S. The van der Waals surface area contributed by atoms with Crippen LogP contribution in [0.25, 0.3) is 0 Å². The summed E-state index contributed by atoms with van der Waals surface area (Å²) in [6.07, 6.45) is 0.897. The highest BCUT2D eigenvalue weighted by Crippen LogP contribution is 2.22. The van der Waals surface area contributed by atoms with Gasteiger partial charge in [0, 0.05) is 18.7 Å². The van der Waals surface area contributed by atoms with Crippen LogP contribution >= 0.6 is 0 Å². The van der Waals surface area contributed by atoms with Crippen molar-refractivity contribution in [1.82, 2.24) is 0 Å². The largest absolute Gasteiger partial charge is 0.326 e. The van der Waals surface area contributed by atoms with Crippen molar-refractivity contribution in [2.24, 2.45) is 0 Å². The predicted octanol–water partition coefficient (Wildman–Crippen LogP) is 2.93. The Balaban J connectivity index is 2.10. The summed E-state index contributed by atoms with van der Waals surface area (Å²) in [5.41, 5.74) is 1.50. The molecule has 128 valence electrons. The molecule has 2 rings (SSSR count). The summed E-state index contributed by atoms with van der Waals surface area (Å²) >= 11 is 0. The van der Waals surface area contributed by atoms with E-state index in [0.717, 1.165) is 16.1 Å². The Labute approximate surface area is 141 Å². The summed E-state index contributed by atoms with van der Waals surface area (Å²) in [6.45, 7) is 1.72. The van der Waals surface area contributed by atoms with Crippen LogP contribution in [0.4, 0.5) is 15.8 Å². The van der Waals surface area contributed by atoms with Crippen LogP contribution in [-0.2, 0) is 14.8 Å². The molecule has 0 saturated heterocycles. The molecule has 0 aliphatic rings. The van der Waals surface area contributed by atoms with E-state index in [2.05, 4.69) is 5.32 Å². The first-order valence-electron chi connectivity index (χ1n) is 7.37. The minimum absolute atomic E-state index is 0.0660. The number of aryl methyl sites for hydroxylation is 1.